The van der Waals surface area contributed by atoms with Crippen molar-refractivity contribution in [2.45, 2.75) is 58.9 Å². The van der Waals surface area contributed by atoms with Gasteiger partial charge in [-0.25, -0.2) is 0 Å². The Labute approximate surface area is 119 Å². The summed E-state index contributed by atoms with van der Waals surface area (Å²) < 4.78 is 0. The molecular formula is C17H31NO. The van der Waals surface area contributed by atoms with Crippen molar-refractivity contribution in [2.24, 2.45) is 5.41 Å². The molecule has 1 atom stereocenters. The number of aldehydes is 1. The van der Waals surface area contributed by atoms with E-state index in [1.807, 2.05) is 13.1 Å². The Hall–Kier alpha value is -0.890. The monoisotopic (exact) mass is 265 g/mol. The van der Waals surface area contributed by atoms with Gasteiger partial charge < -0.3 is 4.79 Å². The molecule has 1 saturated heterocycles. The van der Waals surface area contributed by atoms with Crippen LogP contribution in [0.5, 0.6) is 0 Å². The summed E-state index contributed by atoms with van der Waals surface area (Å²) in [6.07, 6.45) is 8.51. The van der Waals surface area contributed by atoms with Crippen LogP contribution in [0.15, 0.2) is 24.8 Å². The van der Waals surface area contributed by atoms with Gasteiger partial charge in [0, 0.05) is 0 Å². The van der Waals surface area contributed by atoms with E-state index in [-0.39, 0.29) is 6.04 Å². The predicted molar refractivity (Wildman–Crippen MR) is 84.4 cm³/mol. The Morgan fingerprint density at radius 3 is 2.37 bits per heavy atom. The maximum absolute atomic E-state index is 10.2. The van der Waals surface area contributed by atoms with Crippen LogP contribution in [0.4, 0.5) is 0 Å². The second-order valence-electron chi connectivity index (χ2n) is 6.64. The lowest BCUT2D eigenvalue weighted by Crippen LogP contribution is -2.25. The quantitative estimate of drug-likeness (QED) is 0.548. The van der Waals surface area contributed by atoms with Crippen molar-refractivity contribution < 1.29 is 4.79 Å². The number of carbonyl (C=O) groups excluding carboxylic acids is 1. The molecule has 0 aliphatic carbocycles. The Bertz CT molecular complexity index is 288. The van der Waals surface area contributed by atoms with Crippen molar-refractivity contribution in [2.75, 3.05) is 13.6 Å². The normalized spacial score (nSPS) is 19.5. The molecule has 1 unspecified atom stereocenters. The number of hydrogen-bond donors (Lipinski definition) is 0. The van der Waals surface area contributed by atoms with E-state index < -0.39 is 0 Å². The molecule has 0 aromatic rings. The van der Waals surface area contributed by atoms with Crippen molar-refractivity contribution in [1.82, 2.24) is 4.90 Å². The Balaban J connectivity index is 0.000000356. The maximum atomic E-state index is 10.2. The summed E-state index contributed by atoms with van der Waals surface area (Å²) in [7, 11) is 1.99. The number of nitrogens with zero attached hydrogens (tertiary/aromatic N) is 1. The van der Waals surface area contributed by atoms with Gasteiger partial charge in [0.05, 0.1) is 6.04 Å². The molecule has 1 aliphatic rings. The second-order valence-corrected chi connectivity index (χ2v) is 6.64. The van der Waals surface area contributed by atoms with Gasteiger partial charge in [-0.05, 0) is 51.1 Å². The van der Waals surface area contributed by atoms with Gasteiger partial charge in [0.15, 0.2) is 0 Å². The van der Waals surface area contributed by atoms with Crippen molar-refractivity contribution in [3.05, 3.63) is 24.8 Å². The van der Waals surface area contributed by atoms with Gasteiger partial charge in [-0.3, -0.25) is 4.90 Å². The molecule has 0 amide bonds. The van der Waals surface area contributed by atoms with Gasteiger partial charge in [0.25, 0.3) is 0 Å². The molecule has 2 nitrogen and oxygen atoms in total. The topological polar surface area (TPSA) is 20.3 Å². The third-order valence-corrected chi connectivity index (χ3v) is 3.22. The predicted octanol–water partition coefficient (Wildman–Crippen LogP) is 4.22. The molecule has 0 aromatic heterocycles. The molecule has 1 heterocycles. The van der Waals surface area contributed by atoms with Crippen LogP contribution < -0.4 is 0 Å². The second kappa shape index (κ2) is 9.08. The lowest BCUT2D eigenvalue weighted by Gasteiger charge is -2.19. The standard InChI is InChI=1S/C11H20.C6H11NO/c1-6-7-8-10(2)9-11(3,4)5;1-7-4-2-3-6(7)5-8/h6H,1-2,7-9H2,3-5H3;5-6H,2-4H2,1H3. The van der Waals surface area contributed by atoms with Gasteiger partial charge in [0.1, 0.15) is 6.29 Å². The fraction of sp³-hybridized carbons (Fsp3) is 0.706. The minimum Gasteiger partial charge on any atom is -0.302 e. The summed E-state index contributed by atoms with van der Waals surface area (Å²) in [5, 5.41) is 0. The zero-order valence-corrected chi connectivity index (χ0v) is 13.2. The van der Waals surface area contributed by atoms with E-state index in [4.69, 9.17) is 0 Å². The Morgan fingerprint density at radius 1 is 1.42 bits per heavy atom. The number of likely N-dealkylation sites (N-methyl/N-ethyl adjacent to an activating group) is 1. The van der Waals surface area contributed by atoms with E-state index in [1.165, 1.54) is 12.0 Å². The summed E-state index contributed by atoms with van der Waals surface area (Å²) in [5.74, 6) is 0. The number of likely N-dealkylation sites (tertiary alicyclic amines) is 1. The molecule has 0 N–H and O–H groups in total. The molecule has 1 rings (SSSR count). The van der Waals surface area contributed by atoms with Crippen LogP contribution in [-0.4, -0.2) is 30.8 Å². The average molecular weight is 265 g/mol. The number of carbonyl (C=O) groups is 1. The van der Waals surface area contributed by atoms with E-state index >= 15 is 0 Å². The van der Waals surface area contributed by atoms with Crippen LogP contribution in [0.2, 0.25) is 0 Å². The highest BCUT2D eigenvalue weighted by atomic mass is 16.1. The van der Waals surface area contributed by atoms with Crippen LogP contribution in [0, 0.1) is 5.41 Å². The molecule has 0 aromatic carbocycles. The molecule has 0 radical (unpaired) electrons. The molecule has 110 valence electrons. The Morgan fingerprint density at radius 2 is 2.05 bits per heavy atom. The fourth-order valence-electron chi connectivity index (χ4n) is 2.25. The van der Waals surface area contributed by atoms with Crippen LogP contribution in [0.1, 0.15) is 52.9 Å². The smallest absolute Gasteiger partial charge is 0.137 e. The molecular weight excluding hydrogens is 234 g/mol. The van der Waals surface area contributed by atoms with E-state index in [1.54, 1.807) is 0 Å². The van der Waals surface area contributed by atoms with Gasteiger partial charge >= 0.3 is 0 Å². The van der Waals surface area contributed by atoms with Crippen LogP contribution >= 0.6 is 0 Å². The number of allylic oxidation sites excluding steroid dienone is 2. The highest BCUT2D eigenvalue weighted by Crippen LogP contribution is 2.25. The molecule has 0 spiro atoms. The van der Waals surface area contributed by atoms with Gasteiger partial charge in [-0.1, -0.05) is 39.0 Å². The van der Waals surface area contributed by atoms with Crippen LogP contribution in [0.25, 0.3) is 0 Å². The minimum atomic E-state index is 0.218. The lowest BCUT2D eigenvalue weighted by atomic mass is 9.87. The lowest BCUT2D eigenvalue weighted by molar-refractivity contribution is -0.111. The first-order chi connectivity index (χ1) is 8.80. The van der Waals surface area contributed by atoms with Gasteiger partial charge in [0.2, 0.25) is 0 Å². The van der Waals surface area contributed by atoms with Crippen molar-refractivity contribution in [3.8, 4) is 0 Å². The van der Waals surface area contributed by atoms with Crippen molar-refractivity contribution in [3.63, 3.8) is 0 Å². The van der Waals surface area contributed by atoms with E-state index in [0.29, 0.717) is 5.41 Å². The van der Waals surface area contributed by atoms with Crippen molar-refractivity contribution >= 4 is 6.29 Å². The first-order valence-electron chi connectivity index (χ1n) is 7.23. The highest BCUT2D eigenvalue weighted by Gasteiger charge is 2.18. The highest BCUT2D eigenvalue weighted by molar-refractivity contribution is 5.57. The minimum absolute atomic E-state index is 0.218. The fourth-order valence-corrected chi connectivity index (χ4v) is 2.25. The van der Waals surface area contributed by atoms with E-state index in [9.17, 15) is 4.79 Å². The third kappa shape index (κ3) is 9.66. The summed E-state index contributed by atoms with van der Waals surface area (Å²) in [5.41, 5.74) is 1.73. The van der Waals surface area contributed by atoms with E-state index in [2.05, 4.69) is 38.8 Å². The number of rotatable bonds is 5. The van der Waals surface area contributed by atoms with Gasteiger partial charge in [-0.2, -0.15) is 0 Å². The van der Waals surface area contributed by atoms with Gasteiger partial charge in [-0.15, -0.1) is 6.58 Å². The molecule has 19 heavy (non-hydrogen) atoms. The van der Waals surface area contributed by atoms with E-state index in [0.717, 1.165) is 38.5 Å². The Kier molecular flexibility index (Phi) is 8.66. The summed E-state index contributed by atoms with van der Waals surface area (Å²) in [6.45, 7) is 15.5. The summed E-state index contributed by atoms with van der Waals surface area (Å²) in [6, 6.07) is 0.218. The first kappa shape index (κ1) is 18.1. The number of hydrogen-bond acceptors (Lipinski definition) is 2. The zero-order chi connectivity index (χ0) is 14.9. The third-order valence-electron chi connectivity index (χ3n) is 3.22. The molecule has 0 saturated carbocycles. The largest absolute Gasteiger partial charge is 0.302 e. The summed E-state index contributed by atoms with van der Waals surface area (Å²) in [4.78, 5) is 12.3. The van der Waals surface area contributed by atoms with Crippen LogP contribution in [-0.2, 0) is 4.79 Å². The molecule has 1 aliphatic heterocycles. The zero-order valence-electron chi connectivity index (χ0n) is 13.2. The van der Waals surface area contributed by atoms with Crippen molar-refractivity contribution in [1.29, 1.82) is 0 Å². The molecule has 1 fully saturated rings. The molecule has 2 heteroatoms. The SMILES string of the molecule is C=CCCC(=C)CC(C)(C)C.CN1CCCC1C=O. The molecule has 0 bridgehead atoms. The maximum Gasteiger partial charge on any atom is 0.137 e. The first-order valence-corrected chi connectivity index (χ1v) is 7.23. The average Bonchev–Trinajstić information content (AvgIpc) is 2.70. The summed E-state index contributed by atoms with van der Waals surface area (Å²) >= 11 is 0. The van der Waals surface area contributed by atoms with Crippen LogP contribution in [0.3, 0.4) is 0 Å².